The van der Waals surface area contributed by atoms with Gasteiger partial charge in [-0.05, 0) is 25.8 Å². The molecule has 0 aromatic rings. The molecule has 0 radical (unpaired) electrons. The number of nitrogens with two attached hydrogens (primary N) is 1. The first-order chi connectivity index (χ1) is 6.53. The van der Waals surface area contributed by atoms with Crippen LogP contribution in [0, 0.1) is 5.92 Å². The zero-order valence-electron chi connectivity index (χ0n) is 8.81. The van der Waals surface area contributed by atoms with E-state index in [1.807, 2.05) is 0 Å². The summed E-state index contributed by atoms with van der Waals surface area (Å²) in [5.41, 5.74) is 4.99. The fraction of sp³-hybridized carbons (Fsp3) is 1.00. The summed E-state index contributed by atoms with van der Waals surface area (Å²) in [6.45, 7) is 0.0254. The van der Waals surface area contributed by atoms with Gasteiger partial charge in [-0.1, -0.05) is 12.8 Å². The lowest BCUT2D eigenvalue weighted by Gasteiger charge is -2.25. The Bertz CT molecular complexity index is 168. The van der Waals surface area contributed by atoms with Crippen molar-refractivity contribution in [3.8, 4) is 0 Å². The van der Waals surface area contributed by atoms with Gasteiger partial charge >= 0.3 is 0 Å². The smallest absolute Gasteiger partial charge is 0.272 e. The van der Waals surface area contributed by atoms with Crippen LogP contribution in [0.4, 0.5) is 8.78 Å². The Kier molecular flexibility index (Phi) is 4.26. The van der Waals surface area contributed by atoms with Gasteiger partial charge in [-0.3, -0.25) is 0 Å². The summed E-state index contributed by atoms with van der Waals surface area (Å²) in [4.78, 5) is 1.71. The van der Waals surface area contributed by atoms with E-state index in [0.717, 1.165) is 6.54 Å². The molecule has 0 spiro atoms. The molecule has 84 valence electrons. The summed E-state index contributed by atoms with van der Waals surface area (Å²) in [5.74, 6) is -2.11. The van der Waals surface area contributed by atoms with Gasteiger partial charge in [-0.15, -0.1) is 0 Å². The lowest BCUT2D eigenvalue weighted by Crippen LogP contribution is -2.41. The summed E-state index contributed by atoms with van der Waals surface area (Å²) < 4.78 is 25.8. The zero-order chi connectivity index (χ0) is 10.6. The molecule has 2 nitrogen and oxygen atoms in total. The van der Waals surface area contributed by atoms with Crippen molar-refractivity contribution in [2.45, 2.75) is 31.6 Å². The van der Waals surface area contributed by atoms with E-state index in [0.29, 0.717) is 5.92 Å². The lowest BCUT2D eigenvalue weighted by molar-refractivity contribution is -0.0200. The van der Waals surface area contributed by atoms with Crippen molar-refractivity contribution in [3.05, 3.63) is 0 Å². The number of nitrogens with zero attached hydrogens (tertiary/aromatic N) is 1. The first-order valence-electron chi connectivity index (χ1n) is 5.30. The molecule has 0 aliphatic heterocycles. The highest BCUT2D eigenvalue weighted by atomic mass is 19.3. The van der Waals surface area contributed by atoms with E-state index in [1.165, 1.54) is 25.7 Å². The summed E-state index contributed by atoms with van der Waals surface area (Å²) in [7, 11) is 1.75. The topological polar surface area (TPSA) is 29.3 Å². The Morgan fingerprint density at radius 1 is 1.36 bits per heavy atom. The Morgan fingerprint density at radius 2 is 1.93 bits per heavy atom. The third kappa shape index (κ3) is 3.88. The van der Waals surface area contributed by atoms with E-state index in [9.17, 15) is 8.78 Å². The fourth-order valence-corrected chi connectivity index (χ4v) is 2.16. The molecule has 0 atom stereocenters. The van der Waals surface area contributed by atoms with Crippen LogP contribution in [0.3, 0.4) is 0 Å². The van der Waals surface area contributed by atoms with Gasteiger partial charge in [0.1, 0.15) is 0 Å². The standard InChI is InChI=1S/C10H20F2N2/c1-14(8-10(11,12)7-13)6-9-4-2-3-5-9/h9H,2-8,13H2,1H3. The monoisotopic (exact) mass is 206 g/mol. The molecule has 0 saturated heterocycles. The molecule has 0 bridgehead atoms. The predicted octanol–water partition coefficient (Wildman–Crippen LogP) is 1.70. The van der Waals surface area contributed by atoms with Crippen LogP contribution in [0.25, 0.3) is 0 Å². The number of rotatable bonds is 5. The van der Waals surface area contributed by atoms with Crippen LogP contribution in [-0.2, 0) is 0 Å². The molecule has 2 N–H and O–H groups in total. The second kappa shape index (κ2) is 5.03. The van der Waals surface area contributed by atoms with Crippen LogP contribution in [-0.4, -0.2) is 37.5 Å². The molecule has 0 amide bonds. The van der Waals surface area contributed by atoms with E-state index >= 15 is 0 Å². The molecule has 0 aromatic carbocycles. The van der Waals surface area contributed by atoms with Gasteiger partial charge in [-0.25, -0.2) is 8.78 Å². The minimum absolute atomic E-state index is 0.208. The van der Waals surface area contributed by atoms with Gasteiger partial charge in [0.25, 0.3) is 5.92 Å². The van der Waals surface area contributed by atoms with Crippen LogP contribution in [0.15, 0.2) is 0 Å². The molecule has 0 aromatic heterocycles. The fourth-order valence-electron chi connectivity index (χ4n) is 2.16. The van der Waals surface area contributed by atoms with Crippen molar-refractivity contribution >= 4 is 0 Å². The predicted molar refractivity (Wildman–Crippen MR) is 53.5 cm³/mol. The highest BCUT2D eigenvalue weighted by molar-refractivity contribution is 4.75. The van der Waals surface area contributed by atoms with Crippen LogP contribution in [0.2, 0.25) is 0 Å². The maximum Gasteiger partial charge on any atom is 0.272 e. The summed E-state index contributed by atoms with van der Waals surface area (Å²) in [6, 6.07) is 0. The summed E-state index contributed by atoms with van der Waals surface area (Å²) >= 11 is 0. The lowest BCUT2D eigenvalue weighted by atomic mass is 10.1. The van der Waals surface area contributed by atoms with Crippen LogP contribution < -0.4 is 5.73 Å². The number of hydrogen-bond donors (Lipinski definition) is 1. The van der Waals surface area contributed by atoms with E-state index in [-0.39, 0.29) is 6.54 Å². The molecular formula is C10H20F2N2. The van der Waals surface area contributed by atoms with E-state index in [1.54, 1.807) is 11.9 Å². The molecule has 1 saturated carbocycles. The Hall–Kier alpha value is -0.220. The summed E-state index contributed by atoms with van der Waals surface area (Å²) in [5, 5.41) is 0. The molecule has 1 aliphatic rings. The molecule has 1 aliphatic carbocycles. The van der Waals surface area contributed by atoms with Crippen LogP contribution in [0.1, 0.15) is 25.7 Å². The zero-order valence-corrected chi connectivity index (χ0v) is 8.81. The normalized spacial score (nSPS) is 19.5. The van der Waals surface area contributed by atoms with Crippen molar-refractivity contribution in [2.75, 3.05) is 26.7 Å². The first kappa shape index (κ1) is 11.9. The maximum atomic E-state index is 12.9. The van der Waals surface area contributed by atoms with E-state index in [2.05, 4.69) is 0 Å². The summed E-state index contributed by atoms with van der Waals surface area (Å²) in [6.07, 6.45) is 4.90. The van der Waals surface area contributed by atoms with Crippen molar-refractivity contribution in [1.82, 2.24) is 4.90 Å². The van der Waals surface area contributed by atoms with Gasteiger partial charge in [0, 0.05) is 6.54 Å². The molecule has 0 heterocycles. The van der Waals surface area contributed by atoms with Gasteiger partial charge < -0.3 is 10.6 Å². The largest absolute Gasteiger partial charge is 0.325 e. The molecular weight excluding hydrogens is 186 g/mol. The third-order valence-corrected chi connectivity index (χ3v) is 2.84. The van der Waals surface area contributed by atoms with Crippen molar-refractivity contribution in [2.24, 2.45) is 11.7 Å². The average Bonchev–Trinajstić information content (AvgIpc) is 2.55. The highest BCUT2D eigenvalue weighted by Crippen LogP contribution is 2.25. The van der Waals surface area contributed by atoms with E-state index in [4.69, 9.17) is 5.73 Å². The minimum atomic E-state index is -2.73. The molecule has 4 heteroatoms. The Labute approximate surface area is 84.4 Å². The Morgan fingerprint density at radius 3 is 2.43 bits per heavy atom. The van der Waals surface area contributed by atoms with Crippen molar-refractivity contribution < 1.29 is 8.78 Å². The second-order valence-electron chi connectivity index (χ2n) is 4.41. The van der Waals surface area contributed by atoms with Gasteiger partial charge in [0.2, 0.25) is 0 Å². The average molecular weight is 206 g/mol. The van der Waals surface area contributed by atoms with Gasteiger partial charge in [0.05, 0.1) is 13.1 Å². The number of hydrogen-bond acceptors (Lipinski definition) is 2. The molecule has 14 heavy (non-hydrogen) atoms. The second-order valence-corrected chi connectivity index (χ2v) is 4.41. The van der Waals surface area contributed by atoms with Crippen LogP contribution >= 0.6 is 0 Å². The SMILES string of the molecule is CN(CC1CCCC1)CC(F)(F)CN. The first-order valence-corrected chi connectivity index (χ1v) is 5.30. The third-order valence-electron chi connectivity index (χ3n) is 2.84. The van der Waals surface area contributed by atoms with Crippen molar-refractivity contribution in [3.63, 3.8) is 0 Å². The maximum absolute atomic E-state index is 12.9. The van der Waals surface area contributed by atoms with E-state index < -0.39 is 12.5 Å². The van der Waals surface area contributed by atoms with Gasteiger partial charge in [0.15, 0.2) is 0 Å². The highest BCUT2D eigenvalue weighted by Gasteiger charge is 2.29. The minimum Gasteiger partial charge on any atom is -0.325 e. The molecule has 0 unspecified atom stereocenters. The van der Waals surface area contributed by atoms with Crippen molar-refractivity contribution in [1.29, 1.82) is 0 Å². The quantitative estimate of drug-likeness (QED) is 0.742. The number of alkyl halides is 2. The van der Waals surface area contributed by atoms with Crippen LogP contribution in [0.5, 0.6) is 0 Å². The number of halogens is 2. The van der Waals surface area contributed by atoms with Gasteiger partial charge in [-0.2, -0.15) is 0 Å². The Balaban J connectivity index is 2.23. The molecule has 1 rings (SSSR count). The molecule has 1 fully saturated rings.